The van der Waals surface area contributed by atoms with Crippen molar-refractivity contribution in [2.45, 2.75) is 45.0 Å². The van der Waals surface area contributed by atoms with Gasteiger partial charge in [0.2, 0.25) is 0 Å². The minimum atomic E-state index is -4.36. The van der Waals surface area contributed by atoms with Crippen molar-refractivity contribution in [1.29, 1.82) is 0 Å². The lowest BCUT2D eigenvalue weighted by Crippen LogP contribution is -2.62. The van der Waals surface area contributed by atoms with E-state index in [1.807, 2.05) is 32.9 Å². The molecule has 1 atom stereocenters. The van der Waals surface area contributed by atoms with Crippen molar-refractivity contribution in [3.05, 3.63) is 53.3 Å². The molecule has 2 aliphatic heterocycles. The number of benzene rings is 1. The Kier molecular flexibility index (Phi) is 6.16. The molecule has 1 aromatic rings. The number of ether oxygens (including phenoxy) is 2. The summed E-state index contributed by atoms with van der Waals surface area (Å²) in [6.07, 6.45) is -0.429. The Morgan fingerprint density at radius 1 is 1.15 bits per heavy atom. The van der Waals surface area contributed by atoms with Crippen LogP contribution >= 0.6 is 0 Å². The maximum absolute atomic E-state index is 12.9. The number of likely N-dealkylation sites (tertiary alicyclic amines) is 1. The highest BCUT2D eigenvalue weighted by molar-refractivity contribution is 5.91. The largest absolute Gasteiger partial charge is 0.495 e. The van der Waals surface area contributed by atoms with E-state index in [1.165, 1.54) is 12.1 Å². The van der Waals surface area contributed by atoms with Gasteiger partial charge in [0.05, 0.1) is 24.1 Å². The van der Waals surface area contributed by atoms with Crippen molar-refractivity contribution < 1.29 is 27.4 Å². The number of nitrogens with zero attached hydrogens (tertiary/aromatic N) is 2. The third-order valence-electron chi connectivity index (χ3n) is 5.67. The number of alkyl carbamates (subject to hydrolysis) is 1. The molecule has 1 fully saturated rings. The van der Waals surface area contributed by atoms with Crippen LogP contribution in [0, 0.1) is 5.92 Å². The molecule has 178 valence electrons. The van der Waals surface area contributed by atoms with Crippen LogP contribution in [0.3, 0.4) is 0 Å². The fourth-order valence-electron chi connectivity index (χ4n) is 4.13. The topological polar surface area (TPSA) is 63.2 Å². The monoisotopic (exact) mass is 463 g/mol. The molecule has 0 aromatic heterocycles. The zero-order chi connectivity index (χ0) is 23.8. The van der Waals surface area contributed by atoms with Crippen LogP contribution in [-0.2, 0) is 15.7 Å². The minimum absolute atomic E-state index is 0.0346. The number of carbonyl (C=O) groups is 1. The Bertz CT molecular complexity index is 985. The molecule has 3 aliphatic rings. The van der Waals surface area contributed by atoms with Crippen LogP contribution in [-0.4, -0.2) is 54.7 Å². The van der Waals surface area contributed by atoms with Gasteiger partial charge in [0.25, 0.3) is 0 Å². The summed E-state index contributed by atoms with van der Waals surface area (Å²) in [6.45, 7) is 7.68. The molecule has 0 radical (unpaired) electrons. The summed E-state index contributed by atoms with van der Waals surface area (Å²) < 4.78 is 49.9. The van der Waals surface area contributed by atoms with E-state index in [-0.39, 0.29) is 12.0 Å². The first-order valence-corrected chi connectivity index (χ1v) is 11.0. The smallest absolute Gasteiger partial charge is 0.416 e. The molecule has 4 rings (SSSR count). The van der Waals surface area contributed by atoms with E-state index in [1.54, 1.807) is 0 Å². The summed E-state index contributed by atoms with van der Waals surface area (Å²) in [7, 11) is 0. The minimum Gasteiger partial charge on any atom is -0.495 e. The maximum Gasteiger partial charge on any atom is 0.416 e. The van der Waals surface area contributed by atoms with Crippen LogP contribution in [0.15, 0.2) is 47.2 Å². The molecule has 0 spiro atoms. The van der Waals surface area contributed by atoms with Crippen LogP contribution in [0.1, 0.15) is 38.3 Å². The van der Waals surface area contributed by atoms with Crippen LogP contribution in [0.25, 0.3) is 5.57 Å². The second-order valence-corrected chi connectivity index (χ2v) is 9.43. The van der Waals surface area contributed by atoms with E-state index in [9.17, 15) is 18.0 Å². The first-order valence-electron chi connectivity index (χ1n) is 11.0. The van der Waals surface area contributed by atoms with Gasteiger partial charge in [-0.2, -0.15) is 13.2 Å². The summed E-state index contributed by atoms with van der Waals surface area (Å²) in [6, 6.07) is 5.19. The molecule has 2 heterocycles. The van der Waals surface area contributed by atoms with Gasteiger partial charge in [-0.1, -0.05) is 18.2 Å². The van der Waals surface area contributed by atoms with Gasteiger partial charge < -0.3 is 19.7 Å². The Morgan fingerprint density at radius 3 is 2.48 bits per heavy atom. The lowest BCUT2D eigenvalue weighted by molar-refractivity contribution is -0.137. The van der Waals surface area contributed by atoms with Gasteiger partial charge in [-0.05, 0) is 56.5 Å². The molecule has 1 aromatic carbocycles. The van der Waals surface area contributed by atoms with Gasteiger partial charge in [0, 0.05) is 13.1 Å². The zero-order valence-corrected chi connectivity index (χ0v) is 18.9. The molecule has 1 aliphatic carbocycles. The van der Waals surface area contributed by atoms with Crippen LogP contribution in [0.5, 0.6) is 0 Å². The highest BCUT2D eigenvalue weighted by Crippen LogP contribution is 2.37. The third kappa shape index (κ3) is 5.51. The van der Waals surface area contributed by atoms with Crippen molar-refractivity contribution in [3.63, 3.8) is 0 Å². The predicted molar refractivity (Wildman–Crippen MR) is 119 cm³/mol. The van der Waals surface area contributed by atoms with Gasteiger partial charge in [0.15, 0.2) is 0 Å². The summed E-state index contributed by atoms with van der Waals surface area (Å²) in [4.78, 5) is 18.9. The van der Waals surface area contributed by atoms with Gasteiger partial charge in [-0.25, -0.2) is 4.79 Å². The number of alkyl halides is 3. The highest BCUT2D eigenvalue weighted by atomic mass is 19.4. The summed E-state index contributed by atoms with van der Waals surface area (Å²) in [5.74, 6) is 1.58. The molecule has 9 heteroatoms. The molecule has 1 unspecified atom stereocenters. The number of amides is 1. The number of carbonyl (C=O) groups excluding carboxylic acids is 1. The molecular weight excluding hydrogens is 435 g/mol. The molecule has 1 amide bonds. The quantitative estimate of drug-likeness (QED) is 0.695. The Hall–Kier alpha value is -2.97. The van der Waals surface area contributed by atoms with E-state index in [2.05, 4.69) is 10.2 Å². The SMILES string of the molecule is CC(C)(C)OC(=O)NC1CN(C2=NCCOC3=CC=C(c4ccc(C(F)(F)F)cc4)CC32)C1. The van der Waals surface area contributed by atoms with E-state index in [0.29, 0.717) is 32.7 Å². The van der Waals surface area contributed by atoms with Crippen molar-refractivity contribution in [2.75, 3.05) is 26.2 Å². The Morgan fingerprint density at radius 2 is 1.85 bits per heavy atom. The standard InChI is InChI=1S/C24H28F3N3O3/c1-23(2,3)33-22(31)29-18-13-30(14-18)21-19-12-16(6-9-20(19)32-11-10-28-21)15-4-7-17(8-5-15)24(25,26)27/h4-9,18-19H,10-14H2,1-3H3,(H,29,31). The highest BCUT2D eigenvalue weighted by Gasteiger charge is 2.38. The van der Waals surface area contributed by atoms with Crippen molar-refractivity contribution >= 4 is 17.5 Å². The number of allylic oxidation sites excluding steroid dienone is 3. The maximum atomic E-state index is 12.9. The zero-order valence-electron chi connectivity index (χ0n) is 18.9. The van der Waals surface area contributed by atoms with E-state index in [4.69, 9.17) is 14.5 Å². The van der Waals surface area contributed by atoms with Crippen molar-refractivity contribution in [2.24, 2.45) is 10.9 Å². The molecule has 1 N–H and O–H groups in total. The normalized spacial score (nSPS) is 21.5. The van der Waals surface area contributed by atoms with Crippen LogP contribution < -0.4 is 5.32 Å². The molecular formula is C24H28F3N3O3. The summed E-state index contributed by atoms with van der Waals surface area (Å²) in [5.41, 5.74) is 0.455. The first kappa shape index (κ1) is 23.2. The molecule has 0 bridgehead atoms. The number of hydrogen-bond acceptors (Lipinski definition) is 5. The number of halogens is 3. The van der Waals surface area contributed by atoms with Gasteiger partial charge in [-0.3, -0.25) is 4.99 Å². The number of rotatable bonds is 2. The number of amidine groups is 1. The number of aliphatic imine (C=N–C) groups is 1. The summed E-state index contributed by atoms with van der Waals surface area (Å²) in [5, 5.41) is 2.87. The second kappa shape index (κ2) is 8.76. The van der Waals surface area contributed by atoms with Crippen LogP contribution in [0.4, 0.5) is 18.0 Å². The Balaban J connectivity index is 1.43. The third-order valence-corrected chi connectivity index (χ3v) is 5.67. The average molecular weight is 464 g/mol. The lowest BCUT2D eigenvalue weighted by Gasteiger charge is -2.44. The van der Waals surface area contributed by atoms with E-state index < -0.39 is 23.4 Å². The van der Waals surface area contributed by atoms with Crippen molar-refractivity contribution in [1.82, 2.24) is 10.2 Å². The molecule has 33 heavy (non-hydrogen) atoms. The second-order valence-electron chi connectivity index (χ2n) is 9.43. The van der Waals surface area contributed by atoms with Gasteiger partial charge in [-0.15, -0.1) is 0 Å². The van der Waals surface area contributed by atoms with Gasteiger partial charge in [0.1, 0.15) is 23.8 Å². The van der Waals surface area contributed by atoms with Crippen molar-refractivity contribution in [3.8, 4) is 0 Å². The number of nitrogens with one attached hydrogen (secondary N) is 1. The molecule has 6 nitrogen and oxygen atoms in total. The molecule has 0 saturated carbocycles. The molecule has 1 saturated heterocycles. The predicted octanol–water partition coefficient (Wildman–Crippen LogP) is 4.63. The van der Waals surface area contributed by atoms with E-state index in [0.717, 1.165) is 34.9 Å². The fraction of sp³-hybridized carbons (Fsp3) is 0.500. The van der Waals surface area contributed by atoms with Gasteiger partial charge >= 0.3 is 12.3 Å². The fourth-order valence-corrected chi connectivity index (χ4v) is 4.13. The number of hydrogen-bond donors (Lipinski definition) is 1. The number of fused-ring (bicyclic) bond motifs is 1. The van der Waals surface area contributed by atoms with E-state index >= 15 is 0 Å². The Labute approximate surface area is 191 Å². The summed E-state index contributed by atoms with van der Waals surface area (Å²) >= 11 is 0. The first-order chi connectivity index (χ1) is 15.5. The average Bonchev–Trinajstić information content (AvgIpc) is 2.90. The lowest BCUT2D eigenvalue weighted by atomic mass is 9.86. The van der Waals surface area contributed by atoms with Crippen LogP contribution in [0.2, 0.25) is 0 Å².